The van der Waals surface area contributed by atoms with E-state index >= 15 is 0 Å². The Morgan fingerprint density at radius 1 is 0.714 bits per heavy atom. The molecule has 0 amide bonds. The quantitative estimate of drug-likeness (QED) is 0.121. The molecule has 0 bridgehead atoms. The van der Waals surface area contributed by atoms with E-state index in [0.717, 1.165) is 12.7 Å². The Bertz CT molecular complexity index is 191. The molecule has 0 N–H and O–H groups in total. The average molecular weight is 311 g/mol. The molecule has 121 valence electrons. The Hall–Kier alpha value is 0.420. The van der Waals surface area contributed by atoms with E-state index in [1.807, 2.05) is 0 Å². The van der Waals surface area contributed by atoms with Crippen molar-refractivity contribution >= 4 is 29.6 Å². The largest absolute Gasteiger partial charge is 0.315 e. The van der Waals surface area contributed by atoms with Gasteiger partial charge in [-0.15, -0.1) is 0 Å². The van der Waals surface area contributed by atoms with Crippen molar-refractivity contribution in [2.75, 3.05) is 6.61 Å². The molecule has 1 radical (unpaired) electrons. The van der Waals surface area contributed by atoms with Crippen molar-refractivity contribution in [1.82, 2.24) is 0 Å². The molecule has 0 spiro atoms. The van der Waals surface area contributed by atoms with Gasteiger partial charge in [0, 0.05) is 34.6 Å². The third kappa shape index (κ3) is 22.8. The summed E-state index contributed by atoms with van der Waals surface area (Å²) >= 11 is 0. The van der Waals surface area contributed by atoms with Crippen molar-refractivity contribution in [1.29, 1.82) is 0 Å². The van der Waals surface area contributed by atoms with Crippen LogP contribution in [0.15, 0.2) is 12.8 Å². The molecule has 0 aromatic heterocycles. The van der Waals surface area contributed by atoms with Crippen LogP contribution < -0.4 is 0 Å². The van der Waals surface area contributed by atoms with Gasteiger partial charge >= 0.3 is 0 Å². The zero-order valence-electron chi connectivity index (χ0n) is 14.1. The molecular weight excluding hydrogens is 279 g/mol. The maximum absolute atomic E-state index is 4.73. The van der Waals surface area contributed by atoms with Gasteiger partial charge in [-0.3, -0.25) is 0 Å². The van der Waals surface area contributed by atoms with E-state index in [0.29, 0.717) is 6.61 Å². The van der Waals surface area contributed by atoms with E-state index < -0.39 is 0 Å². The van der Waals surface area contributed by atoms with E-state index in [9.17, 15) is 0 Å². The summed E-state index contributed by atoms with van der Waals surface area (Å²) in [5.41, 5.74) is 0. The molecule has 0 aromatic carbocycles. The summed E-state index contributed by atoms with van der Waals surface area (Å²) < 4.78 is 0. The Kier molecular flexibility index (Phi) is 25.6. The minimum atomic E-state index is 0. The first-order valence-corrected chi connectivity index (χ1v) is 8.14. The van der Waals surface area contributed by atoms with E-state index in [1.165, 1.54) is 70.6 Å². The minimum Gasteiger partial charge on any atom is -0.315 e. The zero-order chi connectivity index (χ0) is 14.7. The second kappa shape index (κ2) is 22.7. The Morgan fingerprint density at radius 3 is 1.67 bits per heavy atom. The van der Waals surface area contributed by atoms with Crippen molar-refractivity contribution in [3.05, 3.63) is 12.8 Å². The molecule has 0 heterocycles. The molecule has 0 aromatic rings. The van der Waals surface area contributed by atoms with E-state index in [4.69, 9.17) is 4.89 Å². The van der Waals surface area contributed by atoms with E-state index in [2.05, 4.69) is 28.5 Å². The number of hydrogen-bond acceptors (Lipinski definition) is 4. The molecule has 0 aliphatic rings. The average Bonchev–Trinajstić information content (AvgIpc) is 2.47. The van der Waals surface area contributed by atoms with Gasteiger partial charge in [-0.1, -0.05) is 84.1 Å². The monoisotopic (exact) mass is 311 g/mol. The first-order chi connectivity index (χ1) is 9.91. The van der Waals surface area contributed by atoms with Gasteiger partial charge in [-0.2, -0.15) is 0 Å². The van der Waals surface area contributed by atoms with Gasteiger partial charge in [0.15, 0.2) is 0 Å². The number of unbranched alkanes of at least 4 members (excludes halogenated alkanes) is 11. The van der Waals surface area contributed by atoms with E-state index in [1.54, 1.807) is 0 Å². The van der Waals surface area contributed by atoms with Crippen LogP contribution in [0.1, 0.15) is 84.0 Å². The minimum absolute atomic E-state index is 0. The van der Waals surface area contributed by atoms with Crippen molar-refractivity contribution in [2.24, 2.45) is 0 Å². The summed E-state index contributed by atoms with van der Waals surface area (Å²) in [4.78, 5) is 9.00. The summed E-state index contributed by atoms with van der Waals surface area (Å²) in [6.45, 7) is 6.07. The molecule has 0 saturated carbocycles. The molecule has 5 heteroatoms. The molecular formula is C16H32NaO4. The van der Waals surface area contributed by atoms with Crippen LogP contribution in [0.5, 0.6) is 0 Å². The van der Waals surface area contributed by atoms with Gasteiger partial charge in [0.25, 0.3) is 0 Å². The molecule has 21 heavy (non-hydrogen) atoms. The Labute approximate surface area is 152 Å². The van der Waals surface area contributed by atoms with Crippen molar-refractivity contribution in [3.63, 3.8) is 0 Å². The fourth-order valence-corrected chi connectivity index (χ4v) is 2.10. The summed E-state index contributed by atoms with van der Waals surface area (Å²) in [6.07, 6.45) is 17.0. The molecule has 0 fully saturated rings. The maximum Gasteiger partial charge on any atom is 0.125 e. The van der Waals surface area contributed by atoms with Gasteiger partial charge in [0.05, 0.1) is 6.61 Å². The molecule has 4 nitrogen and oxygen atoms in total. The normalized spacial score (nSPS) is 10.1. The van der Waals surface area contributed by atoms with Gasteiger partial charge in [0.2, 0.25) is 0 Å². The third-order valence-corrected chi connectivity index (χ3v) is 3.26. The number of hydrogen-bond donors (Lipinski definition) is 0. The van der Waals surface area contributed by atoms with Gasteiger partial charge in [0.1, 0.15) is 6.26 Å². The Balaban J connectivity index is 0. The van der Waals surface area contributed by atoms with Gasteiger partial charge in [-0.25, -0.2) is 4.89 Å². The molecule has 0 aliphatic carbocycles. The predicted molar refractivity (Wildman–Crippen MR) is 86.2 cm³/mol. The SMILES string of the molecule is C=COOOOCCCCCCCCCCCCCC.[Na]. The smallest absolute Gasteiger partial charge is 0.125 e. The van der Waals surface area contributed by atoms with Crippen LogP contribution in [0.4, 0.5) is 0 Å². The van der Waals surface area contributed by atoms with Crippen LogP contribution in [0.3, 0.4) is 0 Å². The zero-order valence-corrected chi connectivity index (χ0v) is 16.1. The second-order valence-electron chi connectivity index (χ2n) is 5.11. The van der Waals surface area contributed by atoms with Crippen LogP contribution in [0.25, 0.3) is 0 Å². The van der Waals surface area contributed by atoms with Crippen molar-refractivity contribution in [2.45, 2.75) is 84.0 Å². The third-order valence-electron chi connectivity index (χ3n) is 3.26. The molecule has 0 rings (SSSR count). The summed E-state index contributed by atoms with van der Waals surface area (Å²) in [7, 11) is 0. The van der Waals surface area contributed by atoms with Crippen LogP contribution in [0.2, 0.25) is 0 Å². The molecule has 0 saturated heterocycles. The predicted octanol–water partition coefficient (Wildman–Crippen LogP) is 5.26. The molecule has 0 atom stereocenters. The Morgan fingerprint density at radius 2 is 1.19 bits per heavy atom. The standard InChI is InChI=1S/C16H32O4.Na/c1-3-5-6-7-8-9-10-11-12-13-14-15-16-18-20-19-17-4-2;/h4H,2-3,5-16H2,1H3;. The van der Waals surface area contributed by atoms with Crippen molar-refractivity contribution in [3.8, 4) is 0 Å². The van der Waals surface area contributed by atoms with Crippen LogP contribution >= 0.6 is 0 Å². The summed E-state index contributed by atoms with van der Waals surface area (Å²) in [5, 5.41) is 8.43. The molecule has 0 aliphatic heterocycles. The van der Waals surface area contributed by atoms with Gasteiger partial charge < -0.3 is 4.89 Å². The van der Waals surface area contributed by atoms with Gasteiger partial charge in [-0.05, 0) is 11.5 Å². The first-order valence-electron chi connectivity index (χ1n) is 8.14. The summed E-state index contributed by atoms with van der Waals surface area (Å²) in [6, 6.07) is 0. The maximum atomic E-state index is 4.73. The van der Waals surface area contributed by atoms with Crippen LogP contribution in [-0.4, -0.2) is 36.2 Å². The van der Waals surface area contributed by atoms with Crippen LogP contribution in [-0.2, 0) is 19.9 Å². The van der Waals surface area contributed by atoms with Crippen molar-refractivity contribution < 1.29 is 19.9 Å². The summed E-state index contributed by atoms with van der Waals surface area (Å²) in [5.74, 6) is 0. The van der Waals surface area contributed by atoms with E-state index in [-0.39, 0.29) is 29.6 Å². The fraction of sp³-hybridized carbons (Fsp3) is 0.875. The van der Waals surface area contributed by atoms with Crippen LogP contribution in [0, 0.1) is 0 Å². The fourth-order valence-electron chi connectivity index (χ4n) is 2.10. The second-order valence-corrected chi connectivity index (χ2v) is 5.11. The molecule has 0 unspecified atom stereocenters. The first kappa shape index (κ1) is 23.7. The number of rotatable bonds is 17. The topological polar surface area (TPSA) is 36.9 Å².